The number of allylic oxidation sites excluding steroid dienone is 1. The van der Waals surface area contributed by atoms with Crippen LogP contribution in [0.3, 0.4) is 0 Å². The van der Waals surface area contributed by atoms with Crippen molar-refractivity contribution in [2.75, 3.05) is 24.9 Å². The molecule has 3 aromatic rings. The smallest absolute Gasteiger partial charge is 0.255 e. The topological polar surface area (TPSA) is 90.3 Å². The summed E-state index contributed by atoms with van der Waals surface area (Å²) in [7, 11) is 3.15. The van der Waals surface area contributed by atoms with Crippen LogP contribution in [0.2, 0.25) is 0 Å². The Balaban J connectivity index is 1.83. The van der Waals surface area contributed by atoms with E-state index in [-0.39, 0.29) is 5.91 Å². The van der Waals surface area contributed by atoms with Gasteiger partial charge in [-0.3, -0.25) is 4.79 Å². The number of anilines is 2. The number of halogens is 1. The maximum absolute atomic E-state index is 13.6. The zero-order valence-corrected chi connectivity index (χ0v) is 20.1. The second-order valence-corrected chi connectivity index (χ2v) is 8.39. The Morgan fingerprint density at radius 1 is 1.19 bits per heavy atom. The third-order valence-corrected chi connectivity index (χ3v) is 6.25. The number of hydrogen-bond donors (Lipinski definition) is 2. The third kappa shape index (κ3) is 3.73. The first-order valence-corrected chi connectivity index (χ1v) is 10.8. The summed E-state index contributed by atoms with van der Waals surface area (Å²) < 4.78 is 13.4. The van der Waals surface area contributed by atoms with Gasteiger partial charge in [-0.2, -0.15) is 10.1 Å². The van der Waals surface area contributed by atoms with Crippen LogP contribution in [0, 0.1) is 13.8 Å². The highest BCUT2D eigenvalue weighted by atomic mass is 79.9. The van der Waals surface area contributed by atoms with E-state index in [0.29, 0.717) is 33.2 Å². The minimum absolute atomic E-state index is 0.222. The first-order chi connectivity index (χ1) is 15.3. The number of methoxy groups -OCH3 is 2. The van der Waals surface area contributed by atoms with Crippen LogP contribution in [0.5, 0.6) is 11.5 Å². The van der Waals surface area contributed by atoms with Crippen LogP contribution in [0.4, 0.5) is 11.6 Å². The normalized spacial score (nSPS) is 15.1. The van der Waals surface area contributed by atoms with E-state index in [1.54, 1.807) is 18.9 Å². The molecule has 1 amide bonds. The maximum Gasteiger partial charge on any atom is 0.255 e. The van der Waals surface area contributed by atoms with Crippen LogP contribution in [-0.2, 0) is 4.79 Å². The zero-order chi connectivity index (χ0) is 23.0. The fourth-order valence-electron chi connectivity index (χ4n) is 3.87. The van der Waals surface area contributed by atoms with Gasteiger partial charge in [0.25, 0.3) is 5.91 Å². The van der Waals surface area contributed by atoms with Crippen LogP contribution in [-0.4, -0.2) is 34.9 Å². The average Bonchev–Trinajstić information content (AvgIpc) is 3.23. The van der Waals surface area contributed by atoms with Gasteiger partial charge in [-0.25, -0.2) is 4.68 Å². The van der Waals surface area contributed by atoms with Crippen molar-refractivity contribution in [1.82, 2.24) is 14.8 Å². The summed E-state index contributed by atoms with van der Waals surface area (Å²) in [5, 5.41) is 10.7. The van der Waals surface area contributed by atoms with Gasteiger partial charge >= 0.3 is 0 Å². The summed E-state index contributed by atoms with van der Waals surface area (Å²) in [6.07, 6.45) is 1.46. The molecule has 1 atom stereocenters. The van der Waals surface area contributed by atoms with Crippen molar-refractivity contribution in [2.24, 2.45) is 0 Å². The van der Waals surface area contributed by atoms with Crippen LogP contribution in [0.1, 0.15) is 29.7 Å². The Bertz CT molecular complexity index is 1230. The quantitative estimate of drug-likeness (QED) is 0.535. The molecule has 4 rings (SSSR count). The molecule has 32 heavy (non-hydrogen) atoms. The Kier molecular flexibility index (Phi) is 5.92. The molecule has 8 nitrogen and oxygen atoms in total. The number of nitrogens with one attached hydrogen (secondary N) is 2. The number of amides is 1. The molecular formula is C23H24BrN5O3. The summed E-state index contributed by atoms with van der Waals surface area (Å²) in [6.45, 7) is 5.87. The second-order valence-electron chi connectivity index (χ2n) is 7.53. The number of aromatic nitrogens is 3. The van der Waals surface area contributed by atoms with E-state index in [0.717, 1.165) is 22.4 Å². The molecule has 0 fully saturated rings. The van der Waals surface area contributed by atoms with Crippen molar-refractivity contribution < 1.29 is 14.3 Å². The van der Waals surface area contributed by atoms with Gasteiger partial charge in [0.15, 0.2) is 11.5 Å². The van der Waals surface area contributed by atoms with E-state index in [1.165, 1.54) is 6.33 Å². The van der Waals surface area contributed by atoms with Crippen LogP contribution in [0.15, 0.2) is 52.4 Å². The van der Waals surface area contributed by atoms with Crippen molar-refractivity contribution >= 4 is 33.5 Å². The number of carbonyl (C=O) groups is 1. The first kappa shape index (κ1) is 21.9. The van der Waals surface area contributed by atoms with Gasteiger partial charge in [-0.05, 0) is 71.6 Å². The molecule has 2 aromatic carbocycles. The molecule has 0 aliphatic carbocycles. The zero-order valence-electron chi connectivity index (χ0n) is 18.5. The fourth-order valence-corrected chi connectivity index (χ4v) is 4.49. The van der Waals surface area contributed by atoms with Crippen molar-refractivity contribution in [1.29, 1.82) is 0 Å². The largest absolute Gasteiger partial charge is 0.493 e. The van der Waals surface area contributed by atoms with Gasteiger partial charge in [-0.15, -0.1) is 0 Å². The molecule has 0 bridgehead atoms. The molecule has 1 aliphatic rings. The Labute approximate surface area is 194 Å². The van der Waals surface area contributed by atoms with E-state index >= 15 is 0 Å². The van der Waals surface area contributed by atoms with E-state index in [1.807, 2.05) is 51.1 Å². The molecule has 0 saturated carbocycles. The fraction of sp³-hybridized carbons (Fsp3) is 0.261. The lowest BCUT2D eigenvalue weighted by Crippen LogP contribution is -2.31. The number of fused-ring (bicyclic) bond motifs is 1. The predicted octanol–water partition coefficient (Wildman–Crippen LogP) is 4.60. The van der Waals surface area contributed by atoms with E-state index in [2.05, 4.69) is 36.6 Å². The van der Waals surface area contributed by atoms with Gasteiger partial charge in [0.1, 0.15) is 12.4 Å². The number of hydrogen-bond acceptors (Lipinski definition) is 6. The lowest BCUT2D eigenvalue weighted by molar-refractivity contribution is -0.113. The highest BCUT2D eigenvalue weighted by Crippen LogP contribution is 2.42. The summed E-state index contributed by atoms with van der Waals surface area (Å²) in [4.78, 5) is 17.9. The number of rotatable bonds is 5. The van der Waals surface area contributed by atoms with Crippen molar-refractivity contribution in [3.8, 4) is 11.5 Å². The SMILES string of the molecule is COc1cc(C2C(C(=O)Nc3cccc(C)c3C)=C(C)Nc3ncnn32)cc(Br)c1OC. The van der Waals surface area contributed by atoms with Gasteiger partial charge in [0.2, 0.25) is 5.95 Å². The monoisotopic (exact) mass is 497 g/mol. The van der Waals surface area contributed by atoms with Crippen LogP contribution in [0.25, 0.3) is 0 Å². The van der Waals surface area contributed by atoms with E-state index in [9.17, 15) is 4.79 Å². The highest BCUT2D eigenvalue weighted by molar-refractivity contribution is 9.10. The molecule has 9 heteroatoms. The second kappa shape index (κ2) is 8.66. The van der Waals surface area contributed by atoms with Gasteiger partial charge in [-0.1, -0.05) is 12.1 Å². The molecule has 0 spiro atoms. The Morgan fingerprint density at radius 3 is 2.69 bits per heavy atom. The number of aryl methyl sites for hydroxylation is 1. The first-order valence-electron chi connectivity index (χ1n) is 10.0. The highest BCUT2D eigenvalue weighted by Gasteiger charge is 2.34. The maximum atomic E-state index is 13.6. The van der Waals surface area contributed by atoms with Gasteiger partial charge < -0.3 is 20.1 Å². The van der Waals surface area contributed by atoms with Crippen LogP contribution >= 0.6 is 15.9 Å². The summed E-state index contributed by atoms with van der Waals surface area (Å²) in [5.74, 6) is 1.46. The number of ether oxygens (including phenoxy) is 2. The molecule has 1 aliphatic heterocycles. The van der Waals surface area contributed by atoms with E-state index < -0.39 is 6.04 Å². The molecule has 0 radical (unpaired) electrons. The average molecular weight is 498 g/mol. The van der Waals surface area contributed by atoms with Crippen LogP contribution < -0.4 is 20.1 Å². The lowest BCUT2D eigenvalue weighted by Gasteiger charge is -2.29. The molecule has 1 unspecified atom stereocenters. The van der Waals surface area contributed by atoms with Crippen molar-refractivity contribution in [2.45, 2.75) is 26.8 Å². The molecule has 0 saturated heterocycles. The summed E-state index contributed by atoms with van der Waals surface area (Å²) >= 11 is 3.56. The minimum atomic E-state index is -0.519. The molecule has 2 N–H and O–H groups in total. The van der Waals surface area contributed by atoms with Crippen molar-refractivity contribution in [3.05, 3.63) is 69.1 Å². The van der Waals surface area contributed by atoms with E-state index in [4.69, 9.17) is 9.47 Å². The summed E-state index contributed by atoms with van der Waals surface area (Å²) in [5.41, 5.74) is 4.93. The molecule has 1 aromatic heterocycles. The number of benzene rings is 2. The lowest BCUT2D eigenvalue weighted by atomic mass is 9.94. The van der Waals surface area contributed by atoms with Gasteiger partial charge in [0.05, 0.1) is 24.3 Å². The minimum Gasteiger partial charge on any atom is -0.493 e. The van der Waals surface area contributed by atoms with Gasteiger partial charge in [0, 0.05) is 11.4 Å². The Hall–Kier alpha value is -3.33. The predicted molar refractivity (Wildman–Crippen MR) is 126 cm³/mol. The Morgan fingerprint density at radius 2 is 1.97 bits per heavy atom. The molecular weight excluding hydrogens is 474 g/mol. The molecule has 166 valence electrons. The summed E-state index contributed by atoms with van der Waals surface area (Å²) in [6, 6.07) is 9.08. The third-order valence-electron chi connectivity index (χ3n) is 5.66. The number of nitrogens with zero attached hydrogens (tertiary/aromatic N) is 3. The molecule has 2 heterocycles. The standard InChI is InChI=1S/C23H24BrN5O3/c1-12-7-6-8-17(13(12)2)28-22(30)19-14(3)27-23-25-11-26-29(23)20(19)15-9-16(24)21(32-5)18(10-15)31-4/h6-11,20H,1-5H3,(H,28,30)(H,25,26,27). The number of carbonyl (C=O) groups excluding carboxylic acids is 1. The van der Waals surface area contributed by atoms with Crippen molar-refractivity contribution in [3.63, 3.8) is 0 Å².